The maximum Gasteiger partial charge on any atom is 0.514 e. The van der Waals surface area contributed by atoms with Crippen molar-refractivity contribution < 1.29 is 19.0 Å². The van der Waals surface area contributed by atoms with E-state index in [1.54, 1.807) is 0 Å². The summed E-state index contributed by atoms with van der Waals surface area (Å²) in [5.74, 6) is 0.837. The minimum atomic E-state index is -0.786. The molecule has 0 spiro atoms. The van der Waals surface area contributed by atoms with E-state index in [-0.39, 0.29) is 0 Å². The van der Waals surface area contributed by atoms with Crippen LogP contribution in [-0.2, 0) is 4.74 Å². The zero-order valence-electron chi connectivity index (χ0n) is 13.0. The molecule has 0 aliphatic rings. The normalized spacial score (nSPS) is 10.5. The molecule has 0 N–H and O–H groups in total. The number of rotatable bonds is 4. The number of hydrogen-bond acceptors (Lipinski definition) is 4. The summed E-state index contributed by atoms with van der Waals surface area (Å²) in [5, 5.41) is 0.872. The second-order valence-corrected chi connectivity index (χ2v) is 4.81. The number of aromatic nitrogens is 1. The molecule has 0 saturated carbocycles. The summed E-state index contributed by atoms with van der Waals surface area (Å²) in [7, 11) is 1.28. The summed E-state index contributed by atoms with van der Waals surface area (Å²) >= 11 is 0. The zero-order valence-corrected chi connectivity index (χ0v) is 13.0. The zero-order chi connectivity index (χ0) is 16.2. The molecule has 0 aliphatic heterocycles. The topological polar surface area (TPSA) is 49.7 Å². The fourth-order valence-electron chi connectivity index (χ4n) is 2.52. The van der Waals surface area contributed by atoms with Crippen molar-refractivity contribution in [2.75, 3.05) is 13.7 Å². The summed E-state index contributed by atoms with van der Waals surface area (Å²) in [4.78, 5) is 11.7. The quantitative estimate of drug-likeness (QED) is 0.678. The summed E-state index contributed by atoms with van der Waals surface area (Å²) < 4.78 is 17.6. The van der Waals surface area contributed by atoms with Crippen molar-refractivity contribution in [3.05, 3.63) is 54.6 Å². The van der Waals surface area contributed by atoms with Gasteiger partial charge in [0.05, 0.1) is 19.2 Å². The number of methoxy groups -OCH3 is 1. The highest BCUT2D eigenvalue weighted by molar-refractivity contribution is 5.92. The molecule has 5 nitrogen and oxygen atoms in total. The predicted molar refractivity (Wildman–Crippen MR) is 87.5 cm³/mol. The van der Waals surface area contributed by atoms with Crippen molar-refractivity contribution in [3.63, 3.8) is 0 Å². The van der Waals surface area contributed by atoms with Crippen molar-refractivity contribution in [1.82, 2.24) is 4.57 Å². The molecule has 3 rings (SSSR count). The SMILES string of the molecule is CCOc1c(OC(=O)OC)n(-c2ccccc2)c2ccccc12. The van der Waals surface area contributed by atoms with E-state index in [1.165, 1.54) is 7.11 Å². The largest absolute Gasteiger partial charge is 0.514 e. The molecule has 0 aliphatic carbocycles. The van der Waals surface area contributed by atoms with E-state index < -0.39 is 6.16 Å². The number of carbonyl (C=O) groups is 1. The Labute approximate surface area is 134 Å². The highest BCUT2D eigenvalue weighted by atomic mass is 16.7. The maximum absolute atomic E-state index is 11.7. The van der Waals surface area contributed by atoms with E-state index >= 15 is 0 Å². The van der Waals surface area contributed by atoms with Crippen LogP contribution >= 0.6 is 0 Å². The van der Waals surface area contributed by atoms with Gasteiger partial charge in [-0.15, -0.1) is 0 Å². The average Bonchev–Trinajstić information content (AvgIpc) is 2.89. The van der Waals surface area contributed by atoms with Crippen molar-refractivity contribution >= 4 is 17.1 Å². The molecule has 1 heterocycles. The molecule has 0 atom stereocenters. The van der Waals surface area contributed by atoms with Gasteiger partial charge in [-0.1, -0.05) is 30.3 Å². The minimum Gasteiger partial charge on any atom is -0.488 e. The molecule has 3 aromatic rings. The fraction of sp³-hybridized carbons (Fsp3) is 0.167. The van der Waals surface area contributed by atoms with Crippen molar-refractivity contribution in [2.45, 2.75) is 6.92 Å². The Morgan fingerprint density at radius 1 is 1.04 bits per heavy atom. The lowest BCUT2D eigenvalue weighted by atomic mass is 10.2. The third kappa shape index (κ3) is 2.73. The van der Waals surface area contributed by atoms with Crippen LogP contribution in [0.5, 0.6) is 11.6 Å². The summed E-state index contributed by atoms with van der Waals surface area (Å²) in [5.41, 5.74) is 1.76. The number of ether oxygens (including phenoxy) is 3. The monoisotopic (exact) mass is 311 g/mol. The lowest BCUT2D eigenvalue weighted by Gasteiger charge is -2.11. The first-order valence-electron chi connectivity index (χ1n) is 7.33. The van der Waals surface area contributed by atoms with Crippen LogP contribution in [0.15, 0.2) is 54.6 Å². The molecule has 0 radical (unpaired) electrons. The molecule has 5 heteroatoms. The van der Waals surface area contributed by atoms with E-state index in [0.29, 0.717) is 18.2 Å². The number of benzene rings is 2. The molecule has 23 heavy (non-hydrogen) atoms. The lowest BCUT2D eigenvalue weighted by Crippen LogP contribution is -2.11. The molecular formula is C18H17NO4. The average molecular weight is 311 g/mol. The molecule has 1 aromatic heterocycles. The van der Waals surface area contributed by atoms with Crippen molar-refractivity contribution in [1.29, 1.82) is 0 Å². The van der Waals surface area contributed by atoms with Crippen LogP contribution < -0.4 is 9.47 Å². The fourth-order valence-corrected chi connectivity index (χ4v) is 2.52. The van der Waals surface area contributed by atoms with E-state index in [1.807, 2.05) is 66.1 Å². The third-order valence-corrected chi connectivity index (χ3v) is 3.44. The van der Waals surface area contributed by atoms with Gasteiger partial charge < -0.3 is 14.2 Å². The molecule has 0 fully saturated rings. The van der Waals surface area contributed by atoms with Gasteiger partial charge in [0, 0.05) is 11.1 Å². The Bertz CT molecular complexity index is 824. The number of carbonyl (C=O) groups excluding carboxylic acids is 1. The van der Waals surface area contributed by atoms with Crippen LogP contribution in [0.3, 0.4) is 0 Å². The van der Waals surface area contributed by atoms with Crippen LogP contribution in [0.1, 0.15) is 6.92 Å². The van der Waals surface area contributed by atoms with Crippen LogP contribution in [0, 0.1) is 0 Å². The number of fused-ring (bicyclic) bond motifs is 1. The van der Waals surface area contributed by atoms with E-state index in [2.05, 4.69) is 4.74 Å². The Balaban J connectivity index is 2.30. The Kier molecular flexibility index (Phi) is 4.19. The van der Waals surface area contributed by atoms with Gasteiger partial charge in [0.1, 0.15) is 0 Å². The van der Waals surface area contributed by atoms with Crippen LogP contribution in [0.25, 0.3) is 16.6 Å². The molecule has 0 bridgehead atoms. The van der Waals surface area contributed by atoms with Gasteiger partial charge in [0.25, 0.3) is 5.88 Å². The van der Waals surface area contributed by atoms with Crippen molar-refractivity contribution in [3.8, 4) is 17.3 Å². The smallest absolute Gasteiger partial charge is 0.488 e. The van der Waals surface area contributed by atoms with Gasteiger partial charge in [-0.2, -0.15) is 0 Å². The van der Waals surface area contributed by atoms with E-state index in [4.69, 9.17) is 9.47 Å². The molecule has 118 valence electrons. The summed E-state index contributed by atoms with van der Waals surface area (Å²) in [6.45, 7) is 2.34. The van der Waals surface area contributed by atoms with Crippen LogP contribution in [-0.4, -0.2) is 24.4 Å². The second kappa shape index (κ2) is 6.44. The number of hydrogen-bond donors (Lipinski definition) is 0. The maximum atomic E-state index is 11.7. The molecule has 0 amide bonds. The van der Waals surface area contributed by atoms with Gasteiger partial charge in [-0.05, 0) is 31.2 Å². The third-order valence-electron chi connectivity index (χ3n) is 3.44. The highest BCUT2D eigenvalue weighted by Crippen LogP contribution is 2.41. The predicted octanol–water partition coefficient (Wildman–Crippen LogP) is 4.17. The number of para-hydroxylation sites is 2. The summed E-state index contributed by atoms with van der Waals surface area (Å²) in [6.07, 6.45) is -0.786. The Morgan fingerprint density at radius 2 is 1.74 bits per heavy atom. The Morgan fingerprint density at radius 3 is 2.43 bits per heavy atom. The standard InChI is InChI=1S/C18H17NO4/c1-3-22-16-14-11-7-8-12-15(14)19(13-9-5-4-6-10-13)17(16)23-18(20)21-2/h4-12H,3H2,1-2H3. The Hall–Kier alpha value is -2.95. The first-order valence-corrected chi connectivity index (χ1v) is 7.33. The van der Waals surface area contributed by atoms with Gasteiger partial charge in [-0.25, -0.2) is 4.79 Å². The van der Waals surface area contributed by atoms with Gasteiger partial charge in [0.15, 0.2) is 5.75 Å². The highest BCUT2D eigenvalue weighted by Gasteiger charge is 2.23. The van der Waals surface area contributed by atoms with Gasteiger partial charge >= 0.3 is 6.16 Å². The lowest BCUT2D eigenvalue weighted by molar-refractivity contribution is 0.117. The first kappa shape index (κ1) is 15.0. The molecule has 0 saturated heterocycles. The minimum absolute atomic E-state index is 0.311. The summed E-state index contributed by atoms with van der Waals surface area (Å²) in [6, 6.07) is 17.4. The van der Waals surface area contributed by atoms with Crippen LogP contribution in [0.4, 0.5) is 4.79 Å². The van der Waals surface area contributed by atoms with Crippen LogP contribution in [0.2, 0.25) is 0 Å². The van der Waals surface area contributed by atoms with E-state index in [0.717, 1.165) is 16.6 Å². The molecule has 2 aromatic carbocycles. The first-order chi connectivity index (χ1) is 11.3. The number of nitrogens with zero attached hydrogens (tertiary/aromatic N) is 1. The van der Waals surface area contributed by atoms with Gasteiger partial charge in [0.2, 0.25) is 0 Å². The van der Waals surface area contributed by atoms with Crippen molar-refractivity contribution in [2.24, 2.45) is 0 Å². The van der Waals surface area contributed by atoms with E-state index in [9.17, 15) is 4.79 Å². The molecule has 0 unspecified atom stereocenters. The van der Waals surface area contributed by atoms with Gasteiger partial charge in [-0.3, -0.25) is 4.57 Å². The second-order valence-electron chi connectivity index (χ2n) is 4.81. The molecular weight excluding hydrogens is 294 g/mol.